The Hall–Kier alpha value is -4.80. The SMILES string of the molecule is COC(=O)c1ccc(-c2cc(Nc3ncnc(Nc4cccc(CC(N)=O)c4)n3)n[nH]2)cc1. The number of amides is 1. The minimum absolute atomic E-state index is 0.145. The van der Waals surface area contributed by atoms with Crippen molar-refractivity contribution < 1.29 is 14.3 Å². The number of nitrogens with two attached hydrogens (primary N) is 1. The second-order valence-electron chi connectivity index (χ2n) is 6.96. The van der Waals surface area contributed by atoms with Gasteiger partial charge in [-0.3, -0.25) is 9.89 Å². The van der Waals surface area contributed by atoms with Crippen LogP contribution in [0.4, 0.5) is 23.4 Å². The van der Waals surface area contributed by atoms with Crippen molar-refractivity contribution in [3.05, 3.63) is 72.1 Å². The first-order valence-electron chi connectivity index (χ1n) is 9.84. The van der Waals surface area contributed by atoms with Gasteiger partial charge < -0.3 is 21.1 Å². The lowest BCUT2D eigenvalue weighted by Crippen LogP contribution is -2.13. The topological polar surface area (TPSA) is 161 Å². The lowest BCUT2D eigenvalue weighted by atomic mass is 10.1. The van der Waals surface area contributed by atoms with Crippen molar-refractivity contribution in [3.8, 4) is 11.3 Å². The van der Waals surface area contributed by atoms with Crippen LogP contribution in [-0.2, 0) is 16.0 Å². The van der Waals surface area contributed by atoms with Crippen molar-refractivity contribution in [3.63, 3.8) is 0 Å². The van der Waals surface area contributed by atoms with Gasteiger partial charge in [-0.25, -0.2) is 14.8 Å². The number of carbonyl (C=O) groups excluding carboxylic acids is 2. The number of ether oxygens (including phenoxy) is 1. The number of H-pyrrole nitrogens is 1. The summed E-state index contributed by atoms with van der Waals surface area (Å²) >= 11 is 0. The maximum Gasteiger partial charge on any atom is 0.337 e. The predicted molar refractivity (Wildman–Crippen MR) is 121 cm³/mol. The lowest BCUT2D eigenvalue weighted by molar-refractivity contribution is -0.117. The third-order valence-electron chi connectivity index (χ3n) is 4.57. The first-order chi connectivity index (χ1) is 16.0. The highest BCUT2D eigenvalue weighted by Gasteiger charge is 2.09. The van der Waals surface area contributed by atoms with Gasteiger partial charge in [0.1, 0.15) is 6.33 Å². The lowest BCUT2D eigenvalue weighted by Gasteiger charge is -2.07. The Morgan fingerprint density at radius 2 is 1.79 bits per heavy atom. The third kappa shape index (κ3) is 5.47. The summed E-state index contributed by atoms with van der Waals surface area (Å²) in [6.45, 7) is 0. The number of methoxy groups -OCH3 is 1. The fourth-order valence-electron chi connectivity index (χ4n) is 3.06. The summed E-state index contributed by atoms with van der Waals surface area (Å²) in [6, 6.07) is 16.0. The van der Waals surface area contributed by atoms with E-state index >= 15 is 0 Å². The Morgan fingerprint density at radius 3 is 2.52 bits per heavy atom. The van der Waals surface area contributed by atoms with Gasteiger partial charge in [0.2, 0.25) is 17.8 Å². The molecule has 0 atom stereocenters. The van der Waals surface area contributed by atoms with Crippen LogP contribution < -0.4 is 16.4 Å². The minimum atomic E-state index is -0.406. The number of rotatable bonds is 8. The Bertz CT molecular complexity index is 1290. The molecule has 0 aliphatic heterocycles. The number of carbonyl (C=O) groups is 2. The Balaban J connectivity index is 1.44. The molecule has 11 nitrogen and oxygen atoms in total. The van der Waals surface area contributed by atoms with Crippen LogP contribution in [0.2, 0.25) is 0 Å². The van der Waals surface area contributed by atoms with E-state index in [0.29, 0.717) is 29.0 Å². The highest BCUT2D eigenvalue weighted by Crippen LogP contribution is 2.22. The van der Waals surface area contributed by atoms with Crippen molar-refractivity contribution in [2.45, 2.75) is 6.42 Å². The summed E-state index contributed by atoms with van der Waals surface area (Å²) in [4.78, 5) is 35.3. The van der Waals surface area contributed by atoms with Gasteiger partial charge in [0.25, 0.3) is 0 Å². The molecule has 33 heavy (non-hydrogen) atoms. The van der Waals surface area contributed by atoms with Crippen molar-refractivity contribution in [1.29, 1.82) is 0 Å². The van der Waals surface area contributed by atoms with Crippen molar-refractivity contribution in [2.24, 2.45) is 5.73 Å². The predicted octanol–water partition coefficient (Wildman–Crippen LogP) is 2.56. The summed E-state index contributed by atoms with van der Waals surface area (Å²) in [5.74, 6) is 0.310. The number of primary amides is 1. The van der Waals surface area contributed by atoms with Gasteiger partial charge in [0.05, 0.1) is 24.8 Å². The molecular weight excluding hydrogens is 424 g/mol. The molecule has 0 radical (unpaired) electrons. The fraction of sp³-hybridized carbons (Fsp3) is 0.0909. The molecule has 0 aliphatic rings. The van der Waals surface area contributed by atoms with E-state index in [-0.39, 0.29) is 6.42 Å². The molecule has 1 amide bonds. The zero-order valence-corrected chi connectivity index (χ0v) is 17.6. The molecule has 0 saturated carbocycles. The van der Waals surface area contributed by atoms with E-state index in [4.69, 9.17) is 10.5 Å². The first kappa shape index (κ1) is 21.4. The number of hydrogen-bond acceptors (Lipinski definition) is 9. The smallest absolute Gasteiger partial charge is 0.337 e. The second kappa shape index (κ2) is 9.56. The van der Waals surface area contributed by atoms with Crippen LogP contribution in [0.5, 0.6) is 0 Å². The van der Waals surface area contributed by atoms with Gasteiger partial charge in [-0.1, -0.05) is 24.3 Å². The molecule has 2 aromatic carbocycles. The monoisotopic (exact) mass is 444 g/mol. The molecular formula is C22H20N8O3. The molecule has 0 spiro atoms. The number of aromatic nitrogens is 5. The molecule has 4 aromatic rings. The molecule has 0 bridgehead atoms. The van der Waals surface area contributed by atoms with Gasteiger partial charge in [0.15, 0.2) is 5.82 Å². The van der Waals surface area contributed by atoms with Crippen LogP contribution in [0.15, 0.2) is 60.9 Å². The zero-order valence-electron chi connectivity index (χ0n) is 17.6. The standard InChI is InChI=1S/C22H20N8O3/c1-33-20(32)15-7-5-14(6-8-15)17-11-19(30-29-17)27-22-25-12-24-21(28-22)26-16-4-2-3-13(9-16)10-18(23)31/h2-9,11-12H,10H2,1H3,(H2,23,31)(H3,24,25,26,27,28,29,30). The van der Waals surface area contributed by atoms with Crippen LogP contribution >= 0.6 is 0 Å². The van der Waals surface area contributed by atoms with Gasteiger partial charge in [-0.2, -0.15) is 10.1 Å². The number of aromatic amines is 1. The van der Waals surface area contributed by atoms with Crippen molar-refractivity contribution >= 4 is 35.3 Å². The Kier molecular flexibility index (Phi) is 6.21. The fourth-order valence-corrected chi connectivity index (χ4v) is 3.06. The summed E-state index contributed by atoms with van der Waals surface area (Å²) in [7, 11) is 1.34. The molecule has 166 valence electrons. The molecule has 0 fully saturated rings. The molecule has 0 aliphatic carbocycles. The molecule has 2 heterocycles. The van der Waals surface area contributed by atoms with Gasteiger partial charge in [-0.15, -0.1) is 0 Å². The molecule has 5 N–H and O–H groups in total. The van der Waals surface area contributed by atoms with Crippen molar-refractivity contribution in [2.75, 3.05) is 17.7 Å². The molecule has 0 saturated heterocycles. The van der Waals surface area contributed by atoms with Gasteiger partial charge >= 0.3 is 5.97 Å². The molecule has 11 heteroatoms. The average Bonchev–Trinajstić information content (AvgIpc) is 3.27. The Labute approximate surface area is 188 Å². The van der Waals surface area contributed by atoms with Crippen molar-refractivity contribution in [1.82, 2.24) is 25.1 Å². The van der Waals surface area contributed by atoms with Crippen LogP contribution in [0, 0.1) is 0 Å². The molecule has 0 unspecified atom stereocenters. The highest BCUT2D eigenvalue weighted by molar-refractivity contribution is 5.89. The summed E-state index contributed by atoms with van der Waals surface area (Å²) < 4.78 is 4.71. The van der Waals surface area contributed by atoms with E-state index < -0.39 is 11.9 Å². The van der Waals surface area contributed by atoms with Gasteiger partial charge in [-0.05, 0) is 35.4 Å². The normalized spacial score (nSPS) is 10.5. The van der Waals surface area contributed by atoms with Crippen LogP contribution in [0.1, 0.15) is 15.9 Å². The van der Waals surface area contributed by atoms with Crippen LogP contribution in [0.3, 0.4) is 0 Å². The number of hydrogen-bond donors (Lipinski definition) is 4. The van der Waals surface area contributed by atoms with E-state index in [1.54, 1.807) is 36.4 Å². The number of benzene rings is 2. The van der Waals surface area contributed by atoms with E-state index in [9.17, 15) is 9.59 Å². The Morgan fingerprint density at radius 1 is 1.03 bits per heavy atom. The number of esters is 1. The molecule has 4 rings (SSSR count). The van der Waals surface area contributed by atoms with E-state index in [0.717, 1.165) is 16.8 Å². The minimum Gasteiger partial charge on any atom is -0.465 e. The highest BCUT2D eigenvalue weighted by atomic mass is 16.5. The number of nitrogens with zero attached hydrogens (tertiary/aromatic N) is 4. The second-order valence-corrected chi connectivity index (χ2v) is 6.96. The summed E-state index contributed by atoms with van der Waals surface area (Å²) in [5.41, 5.74) is 8.80. The zero-order chi connectivity index (χ0) is 23.2. The average molecular weight is 444 g/mol. The number of anilines is 4. The number of nitrogens with one attached hydrogen (secondary N) is 3. The van der Waals surface area contributed by atoms with Crippen LogP contribution in [-0.4, -0.2) is 44.1 Å². The maximum absolute atomic E-state index is 11.6. The van der Waals surface area contributed by atoms with Crippen LogP contribution in [0.25, 0.3) is 11.3 Å². The van der Waals surface area contributed by atoms with Gasteiger partial charge in [0, 0.05) is 11.8 Å². The van der Waals surface area contributed by atoms with E-state index in [1.165, 1.54) is 13.4 Å². The first-order valence-corrected chi connectivity index (χ1v) is 9.84. The maximum atomic E-state index is 11.6. The molecule has 2 aromatic heterocycles. The quantitative estimate of drug-likeness (QED) is 0.299. The summed E-state index contributed by atoms with van der Waals surface area (Å²) in [5, 5.41) is 13.2. The van der Waals surface area contributed by atoms with E-state index in [1.807, 2.05) is 18.2 Å². The van der Waals surface area contributed by atoms with E-state index in [2.05, 4.69) is 35.8 Å². The third-order valence-corrected chi connectivity index (χ3v) is 4.57. The largest absolute Gasteiger partial charge is 0.465 e. The summed E-state index contributed by atoms with van der Waals surface area (Å²) in [6.07, 6.45) is 1.51.